The molecule has 17 heavy (non-hydrogen) atoms. The van der Waals surface area contributed by atoms with Crippen molar-refractivity contribution in [3.63, 3.8) is 0 Å². The lowest BCUT2D eigenvalue weighted by atomic mass is 9.96. The van der Waals surface area contributed by atoms with Crippen LogP contribution in [0.15, 0.2) is 18.2 Å². The smallest absolute Gasteiger partial charge is 0.146 e. The average molecular weight is 243 g/mol. The van der Waals surface area contributed by atoms with E-state index in [1.807, 2.05) is 13.8 Å². The van der Waals surface area contributed by atoms with Crippen molar-refractivity contribution in [2.24, 2.45) is 11.8 Å². The lowest BCUT2D eigenvalue weighted by molar-refractivity contribution is 0.193. The molecular formula is C13H19F2NO. The second-order valence-corrected chi connectivity index (χ2v) is 4.66. The summed E-state index contributed by atoms with van der Waals surface area (Å²) in [5.74, 6) is -0.575. The first-order valence-electron chi connectivity index (χ1n) is 5.72. The van der Waals surface area contributed by atoms with E-state index in [4.69, 9.17) is 0 Å². The van der Waals surface area contributed by atoms with E-state index >= 15 is 0 Å². The summed E-state index contributed by atoms with van der Waals surface area (Å²) in [6.07, 6.45) is 0. The van der Waals surface area contributed by atoms with Crippen LogP contribution in [0.5, 0.6) is 0 Å². The topological polar surface area (TPSA) is 23.5 Å². The van der Waals surface area contributed by atoms with Gasteiger partial charge in [-0.15, -0.1) is 0 Å². The summed E-state index contributed by atoms with van der Waals surface area (Å²) in [6, 6.07) is 3.38. The molecule has 0 radical (unpaired) electrons. The van der Waals surface area contributed by atoms with Gasteiger partial charge in [0.1, 0.15) is 11.6 Å². The lowest BCUT2D eigenvalue weighted by Crippen LogP contribution is -2.31. The summed E-state index contributed by atoms with van der Waals surface area (Å²) in [5, 5.41) is 9.22. The van der Waals surface area contributed by atoms with Crippen molar-refractivity contribution < 1.29 is 13.9 Å². The van der Waals surface area contributed by atoms with Crippen molar-refractivity contribution in [3.8, 4) is 0 Å². The summed E-state index contributed by atoms with van der Waals surface area (Å²) >= 11 is 0. The molecule has 0 saturated heterocycles. The minimum Gasteiger partial charge on any atom is -0.396 e. The van der Waals surface area contributed by atoms with Gasteiger partial charge < -0.3 is 10.0 Å². The maximum absolute atomic E-state index is 13.5. The Morgan fingerprint density at radius 2 is 1.94 bits per heavy atom. The molecule has 1 N–H and O–H groups in total. The molecular weight excluding hydrogens is 224 g/mol. The Balaban J connectivity index is 2.81. The molecule has 0 fully saturated rings. The molecule has 2 nitrogen and oxygen atoms in total. The minimum absolute atomic E-state index is 0.0406. The van der Waals surface area contributed by atoms with E-state index in [0.29, 0.717) is 12.5 Å². The van der Waals surface area contributed by atoms with Gasteiger partial charge in [0.25, 0.3) is 0 Å². The van der Waals surface area contributed by atoms with Crippen molar-refractivity contribution in [1.29, 1.82) is 0 Å². The maximum Gasteiger partial charge on any atom is 0.146 e. The second kappa shape index (κ2) is 5.96. The van der Waals surface area contributed by atoms with Gasteiger partial charge in [-0.25, -0.2) is 8.78 Å². The van der Waals surface area contributed by atoms with Crippen LogP contribution in [0.4, 0.5) is 14.5 Å². The molecule has 0 aliphatic carbocycles. The fourth-order valence-corrected chi connectivity index (χ4v) is 1.71. The highest BCUT2D eigenvalue weighted by molar-refractivity contribution is 5.47. The third kappa shape index (κ3) is 3.66. The molecule has 4 heteroatoms. The zero-order valence-electron chi connectivity index (χ0n) is 10.5. The van der Waals surface area contributed by atoms with E-state index in [1.165, 1.54) is 6.07 Å². The van der Waals surface area contributed by atoms with Crippen LogP contribution in [-0.2, 0) is 0 Å². The molecule has 1 rings (SSSR count). The van der Waals surface area contributed by atoms with Crippen LogP contribution in [-0.4, -0.2) is 25.3 Å². The van der Waals surface area contributed by atoms with Gasteiger partial charge in [-0.1, -0.05) is 13.8 Å². The predicted molar refractivity (Wildman–Crippen MR) is 65.0 cm³/mol. The fourth-order valence-electron chi connectivity index (χ4n) is 1.71. The molecule has 1 aromatic carbocycles. The van der Waals surface area contributed by atoms with Crippen molar-refractivity contribution >= 4 is 5.69 Å². The van der Waals surface area contributed by atoms with Crippen LogP contribution in [0.1, 0.15) is 13.8 Å². The Morgan fingerprint density at radius 3 is 2.47 bits per heavy atom. The van der Waals surface area contributed by atoms with E-state index in [-0.39, 0.29) is 18.2 Å². The Bertz CT molecular complexity index is 368. The molecule has 1 aromatic rings. The highest BCUT2D eigenvalue weighted by Crippen LogP contribution is 2.21. The zero-order valence-corrected chi connectivity index (χ0v) is 10.5. The van der Waals surface area contributed by atoms with Crippen LogP contribution < -0.4 is 4.90 Å². The van der Waals surface area contributed by atoms with Crippen LogP contribution >= 0.6 is 0 Å². The van der Waals surface area contributed by atoms with E-state index in [2.05, 4.69) is 0 Å². The number of hydrogen-bond acceptors (Lipinski definition) is 2. The van der Waals surface area contributed by atoms with Crippen molar-refractivity contribution in [2.75, 3.05) is 25.1 Å². The molecule has 0 aliphatic heterocycles. The van der Waals surface area contributed by atoms with E-state index in [0.717, 1.165) is 12.1 Å². The van der Waals surface area contributed by atoms with E-state index < -0.39 is 11.6 Å². The van der Waals surface area contributed by atoms with Crippen LogP contribution in [0.25, 0.3) is 0 Å². The lowest BCUT2D eigenvalue weighted by Gasteiger charge is -2.27. The normalized spacial score (nSPS) is 12.9. The average Bonchev–Trinajstić information content (AvgIpc) is 2.28. The number of halogens is 2. The molecule has 0 spiro atoms. The first-order chi connectivity index (χ1) is 7.95. The second-order valence-electron chi connectivity index (χ2n) is 4.66. The molecule has 1 atom stereocenters. The highest BCUT2D eigenvalue weighted by Gasteiger charge is 2.17. The van der Waals surface area contributed by atoms with Crippen LogP contribution in [0.2, 0.25) is 0 Å². The van der Waals surface area contributed by atoms with Gasteiger partial charge in [-0.05, 0) is 18.1 Å². The third-order valence-electron chi connectivity index (χ3n) is 3.01. The molecule has 96 valence electrons. The van der Waals surface area contributed by atoms with Crippen molar-refractivity contribution in [2.45, 2.75) is 13.8 Å². The Kier molecular flexibility index (Phi) is 4.87. The van der Waals surface area contributed by atoms with Gasteiger partial charge in [0.15, 0.2) is 0 Å². The number of hydrogen-bond donors (Lipinski definition) is 1. The fraction of sp³-hybridized carbons (Fsp3) is 0.538. The largest absolute Gasteiger partial charge is 0.396 e. The van der Waals surface area contributed by atoms with Gasteiger partial charge in [-0.2, -0.15) is 0 Å². The van der Waals surface area contributed by atoms with Crippen LogP contribution in [0, 0.1) is 23.5 Å². The molecule has 0 saturated carbocycles. The van der Waals surface area contributed by atoms with Crippen LogP contribution in [0.3, 0.4) is 0 Å². The number of aliphatic hydroxyl groups is 1. The van der Waals surface area contributed by atoms with Gasteiger partial charge in [0.2, 0.25) is 0 Å². The Morgan fingerprint density at radius 1 is 1.29 bits per heavy atom. The van der Waals surface area contributed by atoms with Gasteiger partial charge in [-0.3, -0.25) is 0 Å². The van der Waals surface area contributed by atoms with E-state index in [1.54, 1.807) is 11.9 Å². The summed E-state index contributed by atoms with van der Waals surface area (Å²) in [4.78, 5) is 1.64. The Hall–Kier alpha value is -1.16. The number of aliphatic hydroxyl groups excluding tert-OH is 1. The van der Waals surface area contributed by atoms with Gasteiger partial charge in [0.05, 0.1) is 5.69 Å². The molecule has 1 unspecified atom stereocenters. The standard InChI is InChI=1S/C13H19F2NO/c1-9(2)10(8-17)7-16(3)13-6-11(14)4-5-12(13)15/h4-6,9-10,17H,7-8H2,1-3H3. The highest BCUT2D eigenvalue weighted by atomic mass is 19.1. The number of benzene rings is 1. The zero-order chi connectivity index (χ0) is 13.0. The molecule has 0 aliphatic rings. The summed E-state index contributed by atoms with van der Waals surface area (Å²) in [6.45, 7) is 4.53. The number of rotatable bonds is 5. The summed E-state index contributed by atoms with van der Waals surface area (Å²) in [5.41, 5.74) is 0.226. The van der Waals surface area contributed by atoms with Gasteiger partial charge in [0, 0.05) is 32.2 Å². The molecule has 0 heterocycles. The predicted octanol–water partition coefficient (Wildman–Crippen LogP) is 2.67. The summed E-state index contributed by atoms with van der Waals surface area (Å²) < 4.78 is 26.5. The number of anilines is 1. The van der Waals surface area contributed by atoms with Crippen molar-refractivity contribution in [1.82, 2.24) is 0 Å². The SMILES string of the molecule is CC(C)C(CO)CN(C)c1cc(F)ccc1F. The number of nitrogens with zero attached hydrogens (tertiary/aromatic N) is 1. The van der Waals surface area contributed by atoms with Gasteiger partial charge >= 0.3 is 0 Å². The first-order valence-corrected chi connectivity index (χ1v) is 5.72. The third-order valence-corrected chi connectivity index (χ3v) is 3.01. The minimum atomic E-state index is -0.460. The monoisotopic (exact) mass is 243 g/mol. The maximum atomic E-state index is 13.5. The molecule has 0 amide bonds. The van der Waals surface area contributed by atoms with Crippen molar-refractivity contribution in [3.05, 3.63) is 29.8 Å². The molecule has 0 bridgehead atoms. The molecule has 0 aromatic heterocycles. The first kappa shape index (κ1) is 13.9. The van der Waals surface area contributed by atoms with E-state index in [9.17, 15) is 13.9 Å². The quantitative estimate of drug-likeness (QED) is 0.859. The Labute approximate surface area is 101 Å². The summed E-state index contributed by atoms with van der Waals surface area (Å²) in [7, 11) is 1.70.